The second-order valence-electron chi connectivity index (χ2n) is 5.36. The van der Waals surface area contributed by atoms with Gasteiger partial charge in [-0.2, -0.15) is 0 Å². The minimum absolute atomic E-state index is 0.0484. The number of Topliss-reactive ketones (excluding diaryl/α,β-unsaturated/α-hetero) is 1. The molecule has 0 atom stereocenters. The first-order valence-electron chi connectivity index (χ1n) is 7.71. The molecule has 0 saturated heterocycles. The van der Waals surface area contributed by atoms with Crippen LogP contribution in [0.2, 0.25) is 0 Å². The first-order chi connectivity index (χ1) is 12.6. The highest BCUT2D eigenvalue weighted by molar-refractivity contribution is 7.12. The standard InChI is InChI=1S/C19H15NO5S/c1-24-15-7-4-13(5-8-15)16-11-14(20(22)23)6-9-18(16)25-12-17(21)19-3-2-10-26-19/h2-11H,12H2,1H3. The van der Waals surface area contributed by atoms with Gasteiger partial charge in [0.05, 0.1) is 16.9 Å². The number of benzene rings is 2. The van der Waals surface area contributed by atoms with Crippen LogP contribution >= 0.6 is 11.3 Å². The maximum atomic E-state index is 12.1. The Morgan fingerprint density at radius 1 is 1.15 bits per heavy atom. The third kappa shape index (κ3) is 3.89. The van der Waals surface area contributed by atoms with Crippen LogP contribution in [-0.4, -0.2) is 24.4 Å². The molecule has 2 aromatic carbocycles. The summed E-state index contributed by atoms with van der Waals surface area (Å²) in [6.07, 6.45) is 0. The van der Waals surface area contributed by atoms with Gasteiger partial charge in [-0.05, 0) is 35.2 Å². The zero-order valence-corrected chi connectivity index (χ0v) is 14.7. The van der Waals surface area contributed by atoms with Crippen LogP contribution in [0.1, 0.15) is 9.67 Å². The second-order valence-corrected chi connectivity index (χ2v) is 6.30. The summed E-state index contributed by atoms with van der Waals surface area (Å²) in [5.41, 5.74) is 1.22. The number of carbonyl (C=O) groups is 1. The molecular formula is C19H15NO5S. The van der Waals surface area contributed by atoms with E-state index in [0.717, 1.165) is 5.56 Å². The Morgan fingerprint density at radius 3 is 2.54 bits per heavy atom. The maximum absolute atomic E-state index is 12.1. The lowest BCUT2D eigenvalue weighted by atomic mass is 10.0. The molecule has 1 heterocycles. The molecule has 0 fully saturated rings. The minimum atomic E-state index is -0.465. The van der Waals surface area contributed by atoms with E-state index in [1.54, 1.807) is 43.5 Å². The molecule has 0 aliphatic heterocycles. The molecule has 132 valence electrons. The molecule has 7 heteroatoms. The van der Waals surface area contributed by atoms with E-state index in [0.29, 0.717) is 21.9 Å². The van der Waals surface area contributed by atoms with Crippen molar-refractivity contribution in [1.29, 1.82) is 0 Å². The zero-order chi connectivity index (χ0) is 18.5. The molecular weight excluding hydrogens is 354 g/mol. The number of hydrogen-bond acceptors (Lipinski definition) is 6. The molecule has 0 radical (unpaired) electrons. The number of ketones is 1. The number of rotatable bonds is 7. The molecule has 3 rings (SSSR count). The van der Waals surface area contributed by atoms with E-state index >= 15 is 0 Å². The maximum Gasteiger partial charge on any atom is 0.270 e. The summed E-state index contributed by atoms with van der Waals surface area (Å²) < 4.78 is 10.8. The van der Waals surface area contributed by atoms with Gasteiger partial charge >= 0.3 is 0 Å². The fourth-order valence-electron chi connectivity index (χ4n) is 2.41. The van der Waals surface area contributed by atoms with Gasteiger partial charge in [0.15, 0.2) is 6.61 Å². The van der Waals surface area contributed by atoms with Crippen LogP contribution < -0.4 is 9.47 Å². The van der Waals surface area contributed by atoms with Crippen LogP contribution in [0, 0.1) is 10.1 Å². The summed E-state index contributed by atoms with van der Waals surface area (Å²) >= 11 is 1.34. The van der Waals surface area contributed by atoms with Gasteiger partial charge in [0.1, 0.15) is 11.5 Å². The van der Waals surface area contributed by atoms with Crippen molar-refractivity contribution in [3.8, 4) is 22.6 Å². The molecule has 0 bridgehead atoms. The fraction of sp³-hybridized carbons (Fsp3) is 0.105. The molecule has 26 heavy (non-hydrogen) atoms. The van der Waals surface area contributed by atoms with Gasteiger partial charge in [0, 0.05) is 17.7 Å². The van der Waals surface area contributed by atoms with E-state index in [4.69, 9.17) is 9.47 Å². The first-order valence-corrected chi connectivity index (χ1v) is 8.59. The molecule has 0 saturated carbocycles. The van der Waals surface area contributed by atoms with E-state index in [2.05, 4.69) is 0 Å². The van der Waals surface area contributed by atoms with Crippen molar-refractivity contribution >= 4 is 22.8 Å². The lowest BCUT2D eigenvalue weighted by Gasteiger charge is -2.11. The lowest BCUT2D eigenvalue weighted by Crippen LogP contribution is -2.10. The molecule has 6 nitrogen and oxygen atoms in total. The largest absolute Gasteiger partial charge is 0.497 e. The number of carbonyl (C=O) groups excluding carboxylic acids is 1. The number of thiophene rings is 1. The minimum Gasteiger partial charge on any atom is -0.497 e. The SMILES string of the molecule is COc1ccc(-c2cc([N+](=O)[O-])ccc2OCC(=O)c2cccs2)cc1. The molecule has 0 N–H and O–H groups in total. The van der Waals surface area contributed by atoms with Gasteiger partial charge in [-0.25, -0.2) is 0 Å². The highest BCUT2D eigenvalue weighted by atomic mass is 32.1. The highest BCUT2D eigenvalue weighted by Crippen LogP contribution is 2.34. The van der Waals surface area contributed by atoms with Crippen LogP contribution in [0.5, 0.6) is 11.5 Å². The monoisotopic (exact) mass is 369 g/mol. The highest BCUT2D eigenvalue weighted by Gasteiger charge is 2.15. The van der Waals surface area contributed by atoms with Gasteiger partial charge in [-0.3, -0.25) is 14.9 Å². The Labute approximate surface area is 153 Å². The average molecular weight is 369 g/mol. The lowest BCUT2D eigenvalue weighted by molar-refractivity contribution is -0.384. The van der Waals surface area contributed by atoms with Gasteiger partial charge in [-0.15, -0.1) is 11.3 Å². The molecule has 3 aromatic rings. The predicted octanol–water partition coefficient (Wildman–Crippen LogP) is 4.59. The van der Waals surface area contributed by atoms with Gasteiger partial charge in [0.25, 0.3) is 5.69 Å². The summed E-state index contributed by atoms with van der Waals surface area (Å²) in [7, 11) is 1.56. The van der Waals surface area contributed by atoms with E-state index in [1.165, 1.54) is 29.5 Å². The van der Waals surface area contributed by atoms with Crippen molar-refractivity contribution in [2.45, 2.75) is 0 Å². The van der Waals surface area contributed by atoms with Gasteiger partial charge < -0.3 is 9.47 Å². The van der Waals surface area contributed by atoms with E-state index < -0.39 is 4.92 Å². The van der Waals surface area contributed by atoms with Crippen LogP contribution in [0.3, 0.4) is 0 Å². The predicted molar refractivity (Wildman–Crippen MR) is 99.2 cm³/mol. The zero-order valence-electron chi connectivity index (χ0n) is 13.9. The number of ether oxygens (including phenoxy) is 2. The second kappa shape index (κ2) is 7.79. The molecule has 0 spiro atoms. The smallest absolute Gasteiger partial charge is 0.270 e. The summed E-state index contributed by atoms with van der Waals surface area (Å²) in [6, 6.07) is 14.9. The van der Waals surface area contributed by atoms with E-state index in [1.807, 2.05) is 5.38 Å². The van der Waals surface area contributed by atoms with Crippen LogP contribution in [0.4, 0.5) is 5.69 Å². The van der Waals surface area contributed by atoms with Gasteiger partial charge in [0.2, 0.25) is 5.78 Å². The van der Waals surface area contributed by atoms with Crippen molar-refractivity contribution in [2.75, 3.05) is 13.7 Å². The number of methoxy groups -OCH3 is 1. The summed E-state index contributed by atoms with van der Waals surface area (Å²) in [5.74, 6) is 0.944. The average Bonchev–Trinajstić information content (AvgIpc) is 3.21. The van der Waals surface area contributed by atoms with E-state index in [9.17, 15) is 14.9 Å². The molecule has 0 aliphatic rings. The third-order valence-corrected chi connectivity index (χ3v) is 4.64. The fourth-order valence-corrected chi connectivity index (χ4v) is 3.06. The Morgan fingerprint density at radius 2 is 1.92 bits per heavy atom. The van der Waals surface area contributed by atoms with Crippen molar-refractivity contribution < 1.29 is 19.2 Å². The van der Waals surface area contributed by atoms with Crippen molar-refractivity contribution in [3.05, 3.63) is 75.0 Å². The Hall–Kier alpha value is -3.19. The summed E-state index contributed by atoms with van der Waals surface area (Å²) in [4.78, 5) is 23.4. The van der Waals surface area contributed by atoms with Crippen LogP contribution in [-0.2, 0) is 0 Å². The Balaban J connectivity index is 1.90. The number of nitro groups is 1. The molecule has 0 aliphatic carbocycles. The number of hydrogen-bond donors (Lipinski definition) is 0. The van der Waals surface area contributed by atoms with Crippen LogP contribution in [0.15, 0.2) is 60.0 Å². The Kier molecular flexibility index (Phi) is 5.28. The first kappa shape index (κ1) is 17.6. The molecule has 0 unspecified atom stereocenters. The number of non-ortho nitro benzene ring substituents is 1. The van der Waals surface area contributed by atoms with E-state index in [-0.39, 0.29) is 18.1 Å². The van der Waals surface area contributed by atoms with Crippen molar-refractivity contribution in [3.63, 3.8) is 0 Å². The topological polar surface area (TPSA) is 78.7 Å². The Bertz CT molecular complexity index is 920. The van der Waals surface area contributed by atoms with Crippen molar-refractivity contribution in [1.82, 2.24) is 0 Å². The number of nitro benzene ring substituents is 1. The van der Waals surface area contributed by atoms with Crippen LogP contribution in [0.25, 0.3) is 11.1 Å². The summed E-state index contributed by atoms with van der Waals surface area (Å²) in [6.45, 7) is -0.137. The molecule has 0 amide bonds. The normalized spacial score (nSPS) is 10.3. The molecule has 1 aromatic heterocycles. The number of nitrogens with zero attached hydrogens (tertiary/aromatic N) is 1. The quantitative estimate of drug-likeness (QED) is 0.346. The van der Waals surface area contributed by atoms with Gasteiger partial charge in [-0.1, -0.05) is 18.2 Å². The van der Waals surface area contributed by atoms with Crippen molar-refractivity contribution in [2.24, 2.45) is 0 Å². The summed E-state index contributed by atoms with van der Waals surface area (Å²) in [5, 5.41) is 12.9. The third-order valence-electron chi connectivity index (χ3n) is 3.73.